The lowest BCUT2D eigenvalue weighted by atomic mass is 9.80. The van der Waals surface area contributed by atoms with Gasteiger partial charge in [0, 0.05) is 23.2 Å². The van der Waals surface area contributed by atoms with Gasteiger partial charge in [0.2, 0.25) is 5.91 Å². The Kier molecular flexibility index (Phi) is 5.30. The molecule has 0 spiro atoms. The second kappa shape index (κ2) is 7.46. The molecule has 0 saturated heterocycles. The van der Waals surface area contributed by atoms with Crippen molar-refractivity contribution in [1.29, 1.82) is 0 Å². The molecule has 1 amide bonds. The molecular weight excluding hydrogens is 336 g/mol. The molecule has 0 heterocycles. The number of carbonyl (C=O) groups is 1. The molecule has 1 aliphatic carbocycles. The molecule has 0 fully saturated rings. The van der Waals surface area contributed by atoms with E-state index in [0.29, 0.717) is 13.0 Å². The molecule has 1 aliphatic rings. The van der Waals surface area contributed by atoms with Crippen LogP contribution in [0.25, 0.3) is 0 Å². The van der Waals surface area contributed by atoms with Crippen molar-refractivity contribution in [2.75, 3.05) is 5.32 Å². The van der Waals surface area contributed by atoms with E-state index in [1.165, 1.54) is 22.3 Å². The zero-order valence-corrected chi connectivity index (χ0v) is 15.3. The Hall–Kier alpha value is -2.04. The maximum Gasteiger partial charge on any atom is 0.246 e. The first-order valence-electron chi connectivity index (χ1n) is 8.53. The van der Waals surface area contributed by atoms with Crippen molar-refractivity contribution in [3.8, 4) is 0 Å². The molecule has 0 aliphatic heterocycles. The molecule has 3 rings (SSSR count). The van der Waals surface area contributed by atoms with Gasteiger partial charge in [-0.1, -0.05) is 29.8 Å². The van der Waals surface area contributed by atoms with Gasteiger partial charge in [-0.05, 0) is 73.1 Å². The highest BCUT2D eigenvalue weighted by molar-refractivity contribution is 6.30. The van der Waals surface area contributed by atoms with Gasteiger partial charge in [0.25, 0.3) is 0 Å². The summed E-state index contributed by atoms with van der Waals surface area (Å²) < 4.78 is 0. The Balaban J connectivity index is 1.84. The molecule has 0 saturated carbocycles. The van der Waals surface area contributed by atoms with Gasteiger partial charge >= 0.3 is 0 Å². The third-order valence-corrected chi connectivity index (χ3v) is 5.29. The van der Waals surface area contributed by atoms with Gasteiger partial charge < -0.3 is 5.32 Å². The van der Waals surface area contributed by atoms with Crippen LogP contribution in [0.2, 0.25) is 5.02 Å². The molecule has 0 bridgehead atoms. The number of fused-ring (bicyclic) bond motifs is 1. The summed E-state index contributed by atoms with van der Waals surface area (Å²) in [6.07, 6.45) is 2.30. The monoisotopic (exact) mass is 358 g/mol. The second-order valence-electron chi connectivity index (χ2n) is 6.73. The van der Waals surface area contributed by atoms with Gasteiger partial charge in [0.1, 0.15) is 0 Å². The lowest BCUT2D eigenvalue weighted by molar-refractivity contribution is -0.133. The largest absolute Gasteiger partial charge is 0.381 e. The van der Waals surface area contributed by atoms with E-state index in [1.54, 1.807) is 5.48 Å². The Morgan fingerprint density at radius 2 is 2.12 bits per heavy atom. The first-order valence-corrected chi connectivity index (χ1v) is 8.91. The summed E-state index contributed by atoms with van der Waals surface area (Å²) in [4.78, 5) is 11.8. The normalized spacial score (nSPS) is 16.2. The first-order chi connectivity index (χ1) is 12.0. The molecule has 132 valence electrons. The maximum absolute atomic E-state index is 11.8. The molecule has 2 aromatic rings. The topological polar surface area (TPSA) is 61.4 Å². The predicted molar refractivity (Wildman–Crippen MR) is 100 cm³/mol. The highest BCUT2D eigenvalue weighted by Crippen LogP contribution is 2.34. The van der Waals surface area contributed by atoms with Gasteiger partial charge in [-0.3, -0.25) is 10.0 Å². The standard InChI is InChI=1S/C20H23ClN2O2/c1-12-8-15-6-7-16(20(24)23-25)10-18(15)13(2)19(12)22-11-14-4-3-5-17(21)9-14/h3-5,8-9,16,22,25H,6-7,10-11H2,1-2H3,(H,23,24). The number of aryl methyl sites for hydroxylation is 2. The number of hydrogen-bond donors (Lipinski definition) is 3. The molecule has 3 N–H and O–H groups in total. The molecule has 0 radical (unpaired) electrons. The minimum atomic E-state index is -0.293. The third-order valence-electron chi connectivity index (χ3n) is 5.05. The second-order valence-corrected chi connectivity index (χ2v) is 7.17. The van der Waals surface area contributed by atoms with Crippen LogP contribution < -0.4 is 10.8 Å². The van der Waals surface area contributed by atoms with E-state index in [4.69, 9.17) is 16.8 Å². The van der Waals surface area contributed by atoms with E-state index in [-0.39, 0.29) is 11.8 Å². The Labute approximate surface area is 153 Å². The van der Waals surface area contributed by atoms with Crippen LogP contribution in [0.3, 0.4) is 0 Å². The van der Waals surface area contributed by atoms with E-state index >= 15 is 0 Å². The zero-order chi connectivity index (χ0) is 18.0. The van der Waals surface area contributed by atoms with E-state index in [1.807, 2.05) is 24.3 Å². The van der Waals surface area contributed by atoms with Crippen LogP contribution in [0.1, 0.15) is 34.2 Å². The zero-order valence-electron chi connectivity index (χ0n) is 14.5. The highest BCUT2D eigenvalue weighted by Gasteiger charge is 2.26. The number of amides is 1. The average molecular weight is 359 g/mol. The van der Waals surface area contributed by atoms with E-state index in [2.05, 4.69) is 25.2 Å². The fourth-order valence-electron chi connectivity index (χ4n) is 3.72. The smallest absolute Gasteiger partial charge is 0.246 e. The minimum Gasteiger partial charge on any atom is -0.381 e. The van der Waals surface area contributed by atoms with Gasteiger partial charge in [0.15, 0.2) is 0 Å². The number of halogens is 1. The molecule has 2 aromatic carbocycles. The summed E-state index contributed by atoms with van der Waals surface area (Å²) in [6, 6.07) is 10.0. The van der Waals surface area contributed by atoms with Crippen molar-refractivity contribution in [2.24, 2.45) is 5.92 Å². The molecule has 4 nitrogen and oxygen atoms in total. The number of nitrogens with one attached hydrogen (secondary N) is 2. The number of carbonyl (C=O) groups excluding carboxylic acids is 1. The fourth-order valence-corrected chi connectivity index (χ4v) is 3.93. The lowest BCUT2D eigenvalue weighted by Gasteiger charge is -2.27. The van der Waals surface area contributed by atoms with Gasteiger partial charge in [-0.25, -0.2) is 5.48 Å². The average Bonchev–Trinajstić information content (AvgIpc) is 2.60. The Morgan fingerprint density at radius 1 is 1.32 bits per heavy atom. The quantitative estimate of drug-likeness (QED) is 0.567. The van der Waals surface area contributed by atoms with Crippen LogP contribution in [0, 0.1) is 19.8 Å². The van der Waals surface area contributed by atoms with E-state index < -0.39 is 0 Å². The van der Waals surface area contributed by atoms with Crippen molar-refractivity contribution >= 4 is 23.2 Å². The minimum absolute atomic E-state index is 0.167. The van der Waals surface area contributed by atoms with Crippen LogP contribution >= 0.6 is 11.6 Å². The summed E-state index contributed by atoms with van der Waals surface area (Å²) in [5, 5.41) is 13.2. The van der Waals surface area contributed by atoms with E-state index in [9.17, 15) is 4.79 Å². The molecule has 5 heteroatoms. The van der Waals surface area contributed by atoms with E-state index in [0.717, 1.165) is 29.1 Å². The number of hydrogen-bond acceptors (Lipinski definition) is 3. The maximum atomic E-state index is 11.8. The fraction of sp³-hybridized carbons (Fsp3) is 0.350. The van der Waals surface area contributed by atoms with Crippen LogP contribution in [0.15, 0.2) is 30.3 Å². The predicted octanol–water partition coefficient (Wildman–Crippen LogP) is 4.18. The molecule has 1 atom stereocenters. The van der Waals surface area contributed by atoms with Crippen LogP contribution in [0.4, 0.5) is 5.69 Å². The molecular formula is C20H23ClN2O2. The van der Waals surface area contributed by atoms with Crippen molar-refractivity contribution in [2.45, 2.75) is 39.7 Å². The van der Waals surface area contributed by atoms with Crippen LogP contribution in [-0.2, 0) is 24.2 Å². The van der Waals surface area contributed by atoms with Crippen LogP contribution in [-0.4, -0.2) is 11.1 Å². The summed E-state index contributed by atoms with van der Waals surface area (Å²) in [6.45, 7) is 4.91. The number of benzene rings is 2. The number of rotatable bonds is 4. The van der Waals surface area contributed by atoms with Crippen LogP contribution in [0.5, 0.6) is 0 Å². The lowest BCUT2D eigenvalue weighted by Crippen LogP contribution is -2.32. The highest BCUT2D eigenvalue weighted by atomic mass is 35.5. The number of hydroxylamine groups is 1. The third kappa shape index (κ3) is 3.80. The van der Waals surface area contributed by atoms with Crippen molar-refractivity contribution < 1.29 is 10.0 Å². The van der Waals surface area contributed by atoms with Crippen molar-refractivity contribution in [3.63, 3.8) is 0 Å². The Morgan fingerprint density at radius 3 is 2.84 bits per heavy atom. The SMILES string of the molecule is Cc1cc2c(c(C)c1NCc1cccc(Cl)c1)CC(C(=O)NO)CC2. The van der Waals surface area contributed by atoms with Gasteiger partial charge in [-0.2, -0.15) is 0 Å². The van der Waals surface area contributed by atoms with Crippen molar-refractivity contribution in [3.05, 3.63) is 63.2 Å². The number of anilines is 1. The summed E-state index contributed by atoms with van der Waals surface area (Å²) in [5.41, 5.74) is 8.97. The first kappa shape index (κ1) is 17.8. The van der Waals surface area contributed by atoms with Crippen molar-refractivity contribution in [1.82, 2.24) is 5.48 Å². The molecule has 25 heavy (non-hydrogen) atoms. The molecule has 1 unspecified atom stereocenters. The molecule has 0 aromatic heterocycles. The summed E-state index contributed by atoms with van der Waals surface area (Å²) in [7, 11) is 0. The Bertz CT molecular complexity index is 805. The summed E-state index contributed by atoms with van der Waals surface area (Å²) in [5.74, 6) is -0.459. The van der Waals surface area contributed by atoms with Gasteiger partial charge in [0.05, 0.1) is 0 Å². The summed E-state index contributed by atoms with van der Waals surface area (Å²) >= 11 is 6.06. The van der Waals surface area contributed by atoms with Gasteiger partial charge in [-0.15, -0.1) is 0 Å².